The summed E-state index contributed by atoms with van der Waals surface area (Å²) in [6.45, 7) is -2.81. The number of anilines is 1. The fraction of sp³-hybridized carbons (Fsp3) is 0.105. The lowest BCUT2D eigenvalue weighted by atomic mass is 10.3. The van der Waals surface area contributed by atoms with E-state index in [9.17, 15) is 13.6 Å². The molecule has 0 aliphatic rings. The monoisotopic (exact) mass is 450 g/mol. The highest BCUT2D eigenvalue weighted by atomic mass is 35.5. The van der Waals surface area contributed by atoms with Gasteiger partial charge in [0.15, 0.2) is 17.6 Å². The summed E-state index contributed by atoms with van der Waals surface area (Å²) in [5, 5.41) is 7.68. The van der Waals surface area contributed by atoms with Crippen LogP contribution in [0, 0.1) is 0 Å². The van der Waals surface area contributed by atoms with E-state index in [1.54, 1.807) is 42.6 Å². The van der Waals surface area contributed by atoms with Gasteiger partial charge in [0.1, 0.15) is 11.5 Å². The maximum Gasteiger partial charge on any atom is 0.387 e. The summed E-state index contributed by atoms with van der Waals surface area (Å²) in [7, 11) is 0. The Balaban J connectivity index is 1.40. The summed E-state index contributed by atoms with van der Waals surface area (Å²) in [5.74, 6) is 0.144. The number of amides is 1. The first-order chi connectivity index (χ1) is 14.5. The van der Waals surface area contributed by atoms with Crippen LogP contribution in [0.2, 0.25) is 5.02 Å². The van der Waals surface area contributed by atoms with Crippen LogP contribution in [0.3, 0.4) is 0 Å². The molecule has 2 aromatic heterocycles. The molecule has 11 heteroatoms. The molecule has 0 bridgehead atoms. The van der Waals surface area contributed by atoms with E-state index in [1.807, 2.05) is 0 Å². The number of aromatic nitrogens is 3. The second kappa shape index (κ2) is 8.64. The summed E-state index contributed by atoms with van der Waals surface area (Å²) >= 11 is 7.05. The molecule has 0 saturated carbocycles. The van der Waals surface area contributed by atoms with E-state index in [-0.39, 0.29) is 18.2 Å². The number of carbonyl (C=O) groups excluding carboxylic acids is 1. The molecule has 0 fully saturated rings. The molecule has 0 radical (unpaired) electrons. The van der Waals surface area contributed by atoms with Crippen LogP contribution in [-0.4, -0.2) is 27.3 Å². The maximum atomic E-state index is 12.4. The molecule has 4 rings (SSSR count). The minimum absolute atomic E-state index is 0.0254. The molecule has 0 spiro atoms. The van der Waals surface area contributed by atoms with Crippen molar-refractivity contribution in [2.75, 3.05) is 5.32 Å². The molecule has 4 aromatic rings. The fourth-order valence-corrected chi connectivity index (χ4v) is 3.62. The van der Waals surface area contributed by atoms with Crippen molar-refractivity contribution in [3.05, 3.63) is 65.4 Å². The van der Waals surface area contributed by atoms with Gasteiger partial charge in [0.25, 0.3) is 5.91 Å². The molecular weight excluding hydrogens is 438 g/mol. The van der Waals surface area contributed by atoms with Crippen molar-refractivity contribution in [3.8, 4) is 11.5 Å². The Morgan fingerprint density at radius 2 is 2.07 bits per heavy atom. The molecule has 7 nitrogen and oxygen atoms in total. The molecule has 2 aromatic carbocycles. The zero-order valence-corrected chi connectivity index (χ0v) is 16.7. The van der Waals surface area contributed by atoms with Gasteiger partial charge in [0.05, 0.1) is 10.2 Å². The first-order valence-electron chi connectivity index (χ1n) is 8.55. The molecule has 0 aliphatic carbocycles. The Kier molecular flexibility index (Phi) is 5.77. The summed E-state index contributed by atoms with van der Waals surface area (Å²) in [5.41, 5.74) is 0.725. The third-order valence-corrected chi connectivity index (χ3v) is 5.01. The van der Waals surface area contributed by atoms with Crippen molar-refractivity contribution < 1.29 is 23.0 Å². The number of ether oxygens (including phenoxy) is 2. The van der Waals surface area contributed by atoms with Crippen LogP contribution in [-0.2, 0) is 6.73 Å². The van der Waals surface area contributed by atoms with Crippen molar-refractivity contribution in [2.45, 2.75) is 13.3 Å². The van der Waals surface area contributed by atoms with Crippen molar-refractivity contribution >= 4 is 44.2 Å². The largest absolute Gasteiger partial charge is 0.471 e. The van der Waals surface area contributed by atoms with E-state index in [2.05, 4.69) is 20.1 Å². The topological polar surface area (TPSA) is 78.3 Å². The second-order valence-corrected chi connectivity index (χ2v) is 7.42. The highest BCUT2D eigenvalue weighted by Gasteiger charge is 2.14. The van der Waals surface area contributed by atoms with Gasteiger partial charge in [-0.05, 0) is 42.5 Å². The van der Waals surface area contributed by atoms with Gasteiger partial charge in [0.2, 0.25) is 0 Å². The molecule has 0 unspecified atom stereocenters. The Morgan fingerprint density at radius 3 is 2.87 bits per heavy atom. The van der Waals surface area contributed by atoms with Gasteiger partial charge in [-0.15, -0.1) is 0 Å². The highest BCUT2D eigenvalue weighted by Crippen LogP contribution is 2.30. The first-order valence-corrected chi connectivity index (χ1v) is 9.74. The lowest BCUT2D eigenvalue weighted by Crippen LogP contribution is -2.14. The number of halogens is 3. The van der Waals surface area contributed by atoms with Crippen LogP contribution < -0.4 is 14.8 Å². The Hall–Kier alpha value is -3.24. The molecule has 1 amide bonds. The summed E-state index contributed by atoms with van der Waals surface area (Å²) < 4.78 is 36.7. The van der Waals surface area contributed by atoms with Crippen LogP contribution in [0.1, 0.15) is 10.5 Å². The number of fused-ring (bicyclic) bond motifs is 1. The molecule has 1 N–H and O–H groups in total. The van der Waals surface area contributed by atoms with E-state index in [0.717, 1.165) is 11.3 Å². The van der Waals surface area contributed by atoms with Crippen LogP contribution in [0.4, 0.5) is 13.9 Å². The third kappa shape index (κ3) is 4.84. The number of thiazole rings is 1. The zero-order valence-electron chi connectivity index (χ0n) is 15.1. The number of carbonyl (C=O) groups is 1. The molecule has 0 atom stereocenters. The van der Waals surface area contributed by atoms with Gasteiger partial charge in [-0.1, -0.05) is 29.0 Å². The number of hydrogen-bond acceptors (Lipinski definition) is 6. The third-order valence-electron chi connectivity index (χ3n) is 3.84. The second-order valence-electron chi connectivity index (χ2n) is 5.95. The van der Waals surface area contributed by atoms with Crippen LogP contribution >= 0.6 is 22.9 Å². The van der Waals surface area contributed by atoms with E-state index >= 15 is 0 Å². The van der Waals surface area contributed by atoms with Gasteiger partial charge >= 0.3 is 6.61 Å². The average molecular weight is 451 g/mol. The van der Waals surface area contributed by atoms with E-state index < -0.39 is 12.5 Å². The zero-order chi connectivity index (χ0) is 21.1. The van der Waals surface area contributed by atoms with Crippen LogP contribution in [0.25, 0.3) is 10.2 Å². The van der Waals surface area contributed by atoms with Gasteiger partial charge in [-0.25, -0.2) is 9.67 Å². The Labute approximate surface area is 177 Å². The number of nitrogens with zero attached hydrogens (tertiary/aromatic N) is 3. The predicted molar refractivity (Wildman–Crippen MR) is 109 cm³/mol. The smallest absolute Gasteiger partial charge is 0.387 e. The summed E-state index contributed by atoms with van der Waals surface area (Å²) in [6, 6.07) is 12.8. The quantitative estimate of drug-likeness (QED) is 0.427. The van der Waals surface area contributed by atoms with Gasteiger partial charge in [-0.3, -0.25) is 10.1 Å². The molecule has 0 saturated heterocycles. The van der Waals surface area contributed by atoms with E-state index in [1.165, 1.54) is 16.8 Å². The number of rotatable bonds is 7. The predicted octanol–water partition coefficient (Wildman–Crippen LogP) is 5.04. The van der Waals surface area contributed by atoms with Gasteiger partial charge < -0.3 is 9.47 Å². The summed E-state index contributed by atoms with van der Waals surface area (Å²) in [6.07, 6.45) is 1.60. The molecular formula is C19H13ClF2N4O3S. The number of nitrogens with one attached hydrogen (secondary N) is 1. The standard InChI is InChI=1S/C19H13ClF2N4O3S/c20-11-2-1-3-12(8-11)28-10-26-7-6-15(25-26)17(27)24-19-23-14-5-4-13(29-18(21)22)9-16(14)30-19/h1-9,18H,10H2,(H,23,24,27). The fourth-order valence-electron chi connectivity index (χ4n) is 2.55. The number of alkyl halides is 2. The molecule has 154 valence electrons. The van der Waals surface area contributed by atoms with Gasteiger partial charge in [0, 0.05) is 11.2 Å². The van der Waals surface area contributed by atoms with E-state index in [0.29, 0.717) is 26.1 Å². The SMILES string of the molecule is O=C(Nc1nc2ccc(OC(F)F)cc2s1)c1ccn(COc2cccc(Cl)c2)n1. The maximum absolute atomic E-state index is 12.4. The van der Waals surface area contributed by atoms with Crippen molar-refractivity contribution in [1.29, 1.82) is 0 Å². The summed E-state index contributed by atoms with van der Waals surface area (Å²) in [4.78, 5) is 16.7. The minimum Gasteiger partial charge on any atom is -0.471 e. The first kappa shape index (κ1) is 20.0. The molecule has 0 aliphatic heterocycles. The average Bonchev–Trinajstić information content (AvgIpc) is 3.32. The minimum atomic E-state index is -2.91. The van der Waals surface area contributed by atoms with Crippen molar-refractivity contribution in [1.82, 2.24) is 14.8 Å². The lowest BCUT2D eigenvalue weighted by Gasteiger charge is -2.06. The normalized spacial score (nSPS) is 11.1. The Morgan fingerprint density at radius 1 is 1.20 bits per heavy atom. The number of hydrogen-bond donors (Lipinski definition) is 1. The lowest BCUT2D eigenvalue weighted by molar-refractivity contribution is -0.0497. The van der Waals surface area contributed by atoms with Crippen molar-refractivity contribution in [3.63, 3.8) is 0 Å². The number of benzene rings is 2. The van der Waals surface area contributed by atoms with Crippen molar-refractivity contribution in [2.24, 2.45) is 0 Å². The van der Waals surface area contributed by atoms with Crippen LogP contribution in [0.15, 0.2) is 54.7 Å². The Bertz CT molecular complexity index is 1200. The van der Waals surface area contributed by atoms with Crippen LogP contribution in [0.5, 0.6) is 11.5 Å². The van der Waals surface area contributed by atoms with Gasteiger partial charge in [-0.2, -0.15) is 13.9 Å². The van der Waals surface area contributed by atoms with E-state index in [4.69, 9.17) is 16.3 Å². The molecule has 2 heterocycles. The molecule has 30 heavy (non-hydrogen) atoms. The highest BCUT2D eigenvalue weighted by molar-refractivity contribution is 7.22.